The summed E-state index contributed by atoms with van der Waals surface area (Å²) in [4.78, 5) is 12.8. The number of fused-ring (bicyclic) bond motifs is 1. The highest BCUT2D eigenvalue weighted by molar-refractivity contribution is 5.83. The second-order valence-corrected chi connectivity index (χ2v) is 6.96. The average Bonchev–Trinajstić information content (AvgIpc) is 3.28. The first kappa shape index (κ1) is 15.4. The minimum atomic E-state index is -0.222. The number of nitrogens with one attached hydrogen (secondary N) is 2. The van der Waals surface area contributed by atoms with Crippen molar-refractivity contribution < 1.29 is 9.32 Å². The lowest BCUT2D eigenvalue weighted by Gasteiger charge is -2.37. The number of benzene rings is 1. The quantitative estimate of drug-likeness (QED) is 0.907. The van der Waals surface area contributed by atoms with E-state index in [1.165, 1.54) is 6.42 Å². The van der Waals surface area contributed by atoms with E-state index in [0.717, 1.165) is 43.6 Å². The minimum Gasteiger partial charge on any atom is -0.359 e. The monoisotopic (exact) mass is 325 g/mol. The van der Waals surface area contributed by atoms with Gasteiger partial charge >= 0.3 is 0 Å². The van der Waals surface area contributed by atoms with Gasteiger partial charge in [-0.15, -0.1) is 0 Å². The molecule has 1 aliphatic carbocycles. The molecule has 1 amide bonds. The third kappa shape index (κ3) is 2.73. The van der Waals surface area contributed by atoms with Gasteiger partial charge in [0.25, 0.3) is 0 Å². The molecule has 1 aromatic carbocycles. The second kappa shape index (κ2) is 6.40. The Morgan fingerprint density at radius 1 is 1.33 bits per heavy atom. The Bertz CT molecular complexity index is 712. The Hall–Kier alpha value is -2.14. The van der Waals surface area contributed by atoms with E-state index >= 15 is 0 Å². The molecule has 5 heteroatoms. The molecule has 2 N–H and O–H groups in total. The normalized spacial score (nSPS) is 26.1. The van der Waals surface area contributed by atoms with E-state index in [4.69, 9.17) is 4.52 Å². The van der Waals surface area contributed by atoms with Crippen LogP contribution in [-0.2, 0) is 11.3 Å². The van der Waals surface area contributed by atoms with Gasteiger partial charge in [0.1, 0.15) is 5.69 Å². The molecule has 0 spiro atoms. The van der Waals surface area contributed by atoms with Crippen LogP contribution >= 0.6 is 0 Å². The highest BCUT2D eigenvalue weighted by atomic mass is 16.5. The maximum Gasteiger partial charge on any atom is 0.228 e. The van der Waals surface area contributed by atoms with Crippen LogP contribution in [0, 0.1) is 11.3 Å². The Labute approximate surface area is 141 Å². The number of nitrogens with zero attached hydrogens (tertiary/aromatic N) is 1. The first-order chi connectivity index (χ1) is 11.8. The lowest BCUT2D eigenvalue weighted by atomic mass is 9.67. The van der Waals surface area contributed by atoms with E-state index in [1.54, 1.807) is 0 Å². The molecule has 1 saturated heterocycles. The number of aromatic nitrogens is 1. The van der Waals surface area contributed by atoms with Crippen LogP contribution in [0.1, 0.15) is 31.4 Å². The summed E-state index contributed by atoms with van der Waals surface area (Å²) in [7, 11) is 0. The van der Waals surface area contributed by atoms with Gasteiger partial charge < -0.3 is 15.2 Å². The van der Waals surface area contributed by atoms with Crippen LogP contribution in [0.5, 0.6) is 0 Å². The van der Waals surface area contributed by atoms with Crippen molar-refractivity contribution in [2.45, 2.75) is 32.2 Å². The molecule has 0 unspecified atom stereocenters. The summed E-state index contributed by atoms with van der Waals surface area (Å²) < 4.78 is 5.39. The van der Waals surface area contributed by atoms with Gasteiger partial charge in [-0.25, -0.2) is 0 Å². The number of carbonyl (C=O) groups is 1. The molecule has 1 saturated carbocycles. The van der Waals surface area contributed by atoms with Crippen molar-refractivity contribution in [1.82, 2.24) is 15.8 Å². The highest BCUT2D eigenvalue weighted by Crippen LogP contribution is 2.43. The zero-order valence-electron chi connectivity index (χ0n) is 13.8. The van der Waals surface area contributed by atoms with E-state index in [0.29, 0.717) is 18.2 Å². The molecular formula is C19H23N3O2. The predicted octanol–water partition coefficient (Wildman–Crippen LogP) is 2.74. The summed E-state index contributed by atoms with van der Waals surface area (Å²) in [5.74, 6) is 1.33. The van der Waals surface area contributed by atoms with Crippen molar-refractivity contribution in [2.24, 2.45) is 11.3 Å². The fourth-order valence-corrected chi connectivity index (χ4v) is 4.18. The van der Waals surface area contributed by atoms with Gasteiger partial charge in [0.05, 0.1) is 12.0 Å². The van der Waals surface area contributed by atoms with Crippen molar-refractivity contribution in [3.63, 3.8) is 0 Å². The molecule has 2 fully saturated rings. The maximum absolute atomic E-state index is 12.8. The summed E-state index contributed by atoms with van der Waals surface area (Å²) >= 11 is 0. The first-order valence-electron chi connectivity index (χ1n) is 8.78. The molecule has 1 aliphatic heterocycles. The lowest BCUT2D eigenvalue weighted by Crippen LogP contribution is -2.47. The van der Waals surface area contributed by atoms with Crippen LogP contribution < -0.4 is 10.6 Å². The molecule has 24 heavy (non-hydrogen) atoms. The fourth-order valence-electron chi connectivity index (χ4n) is 4.18. The van der Waals surface area contributed by atoms with Crippen molar-refractivity contribution in [3.05, 3.63) is 42.2 Å². The van der Waals surface area contributed by atoms with Gasteiger partial charge in [0.2, 0.25) is 5.91 Å². The Morgan fingerprint density at radius 2 is 2.21 bits per heavy atom. The number of amides is 1. The van der Waals surface area contributed by atoms with Crippen LogP contribution in [0.15, 0.2) is 40.9 Å². The maximum atomic E-state index is 12.8. The SMILES string of the molecule is O=C(NCc1cc(-c2ccccc2)no1)[C@@]12CCCC[C@H]1CNC2. The Morgan fingerprint density at radius 3 is 3.08 bits per heavy atom. The summed E-state index contributed by atoms with van der Waals surface area (Å²) in [5, 5.41) is 10.6. The smallest absolute Gasteiger partial charge is 0.228 e. The van der Waals surface area contributed by atoms with Crippen LogP contribution in [0.25, 0.3) is 11.3 Å². The summed E-state index contributed by atoms with van der Waals surface area (Å²) in [5.41, 5.74) is 1.60. The van der Waals surface area contributed by atoms with Gasteiger partial charge in [-0.2, -0.15) is 0 Å². The second-order valence-electron chi connectivity index (χ2n) is 6.96. The standard InChI is InChI=1S/C19H23N3O2/c23-18(19-9-5-4-8-15(19)11-20-13-19)21-12-16-10-17(22-24-16)14-6-2-1-3-7-14/h1-3,6-7,10,15,20H,4-5,8-9,11-13H2,(H,21,23)/t15-,19+/m0/s1. The zero-order valence-corrected chi connectivity index (χ0v) is 13.8. The van der Waals surface area contributed by atoms with E-state index in [-0.39, 0.29) is 11.3 Å². The third-order valence-electron chi connectivity index (χ3n) is 5.54. The van der Waals surface area contributed by atoms with E-state index in [2.05, 4.69) is 15.8 Å². The number of carbonyl (C=O) groups excluding carboxylic acids is 1. The Kier molecular flexibility index (Phi) is 4.10. The average molecular weight is 325 g/mol. The fraction of sp³-hybridized carbons (Fsp3) is 0.474. The molecule has 2 aliphatic rings. The van der Waals surface area contributed by atoms with E-state index in [9.17, 15) is 4.79 Å². The van der Waals surface area contributed by atoms with E-state index < -0.39 is 0 Å². The lowest BCUT2D eigenvalue weighted by molar-refractivity contribution is -0.134. The molecule has 1 aromatic heterocycles. The minimum absolute atomic E-state index is 0.162. The van der Waals surface area contributed by atoms with Crippen molar-refractivity contribution in [1.29, 1.82) is 0 Å². The Balaban J connectivity index is 1.42. The topological polar surface area (TPSA) is 67.2 Å². The van der Waals surface area contributed by atoms with Gasteiger partial charge in [-0.3, -0.25) is 4.79 Å². The zero-order chi connectivity index (χ0) is 16.4. The van der Waals surface area contributed by atoms with Crippen LogP contribution in [-0.4, -0.2) is 24.2 Å². The van der Waals surface area contributed by atoms with Crippen molar-refractivity contribution in [3.8, 4) is 11.3 Å². The van der Waals surface area contributed by atoms with Crippen molar-refractivity contribution in [2.75, 3.05) is 13.1 Å². The third-order valence-corrected chi connectivity index (χ3v) is 5.54. The van der Waals surface area contributed by atoms with Gasteiger partial charge in [-0.05, 0) is 25.3 Å². The van der Waals surface area contributed by atoms with Gasteiger partial charge in [0.15, 0.2) is 5.76 Å². The molecule has 0 bridgehead atoms. The molecule has 0 radical (unpaired) electrons. The molecule has 126 valence electrons. The molecule has 2 heterocycles. The summed E-state index contributed by atoms with van der Waals surface area (Å²) in [6.07, 6.45) is 4.53. The van der Waals surface area contributed by atoms with Crippen LogP contribution in [0.4, 0.5) is 0 Å². The van der Waals surface area contributed by atoms with Crippen LogP contribution in [0.2, 0.25) is 0 Å². The van der Waals surface area contributed by atoms with Crippen molar-refractivity contribution >= 4 is 5.91 Å². The number of hydrogen-bond donors (Lipinski definition) is 2. The number of rotatable bonds is 4. The summed E-state index contributed by atoms with van der Waals surface area (Å²) in [6.45, 7) is 2.16. The predicted molar refractivity (Wildman–Crippen MR) is 91.0 cm³/mol. The molecule has 5 nitrogen and oxygen atoms in total. The van der Waals surface area contributed by atoms with Crippen LogP contribution in [0.3, 0.4) is 0 Å². The highest BCUT2D eigenvalue weighted by Gasteiger charge is 2.49. The largest absolute Gasteiger partial charge is 0.359 e. The van der Waals surface area contributed by atoms with Gasteiger partial charge in [-0.1, -0.05) is 48.3 Å². The number of hydrogen-bond acceptors (Lipinski definition) is 4. The summed E-state index contributed by atoms with van der Waals surface area (Å²) in [6, 6.07) is 11.8. The molecular weight excluding hydrogens is 302 g/mol. The molecule has 2 atom stereocenters. The first-order valence-corrected chi connectivity index (χ1v) is 8.78. The van der Waals surface area contributed by atoms with E-state index in [1.807, 2.05) is 36.4 Å². The molecule has 4 rings (SSSR count). The molecule has 2 aromatic rings. The van der Waals surface area contributed by atoms with Gasteiger partial charge in [0, 0.05) is 18.2 Å².